The lowest BCUT2D eigenvalue weighted by atomic mass is 10.2. The molecule has 7 heteroatoms. The number of hydrogen-bond donors (Lipinski definition) is 2. The fourth-order valence-corrected chi connectivity index (χ4v) is 2.73. The second-order valence-electron chi connectivity index (χ2n) is 4.77. The number of alkyl halides is 3. The highest BCUT2D eigenvalue weighted by Gasteiger charge is 2.42. The zero-order valence-electron chi connectivity index (χ0n) is 11.2. The van der Waals surface area contributed by atoms with Gasteiger partial charge in [0.2, 0.25) is 12.1 Å². The summed E-state index contributed by atoms with van der Waals surface area (Å²) in [5, 5.41) is 2.86. The summed E-state index contributed by atoms with van der Waals surface area (Å²) in [7, 11) is 0. The first kappa shape index (κ1) is 17.3. The van der Waals surface area contributed by atoms with Crippen molar-refractivity contribution >= 4 is 40.7 Å². The van der Waals surface area contributed by atoms with Crippen LogP contribution in [0.1, 0.15) is 32.6 Å². The van der Waals surface area contributed by atoms with Crippen LogP contribution in [0.25, 0.3) is 0 Å². The number of nitrogens with one attached hydrogen (secondary N) is 2. The Labute approximate surface area is 129 Å². The van der Waals surface area contributed by atoms with E-state index in [2.05, 4.69) is 12.2 Å². The molecule has 1 aliphatic heterocycles. The van der Waals surface area contributed by atoms with E-state index in [9.17, 15) is 4.79 Å². The van der Waals surface area contributed by atoms with Crippen molar-refractivity contribution in [1.82, 2.24) is 5.32 Å². The van der Waals surface area contributed by atoms with Crippen molar-refractivity contribution in [3.05, 3.63) is 0 Å². The third-order valence-electron chi connectivity index (χ3n) is 3.18. The molecule has 0 spiro atoms. The van der Waals surface area contributed by atoms with Crippen molar-refractivity contribution in [2.75, 3.05) is 26.3 Å². The minimum atomic E-state index is -1.51. The van der Waals surface area contributed by atoms with Gasteiger partial charge in [-0.25, -0.2) is 0 Å². The van der Waals surface area contributed by atoms with E-state index in [1.54, 1.807) is 0 Å². The first-order valence-corrected chi connectivity index (χ1v) is 7.87. The molecule has 0 aliphatic carbocycles. The molecule has 2 N–H and O–H groups in total. The molecule has 0 aromatic heterocycles. The molecule has 4 nitrogen and oxygen atoms in total. The highest BCUT2D eigenvalue weighted by atomic mass is 35.6. The van der Waals surface area contributed by atoms with Crippen LogP contribution < -0.4 is 10.2 Å². The largest absolute Gasteiger partial charge is 0.370 e. The number of carbonyl (C=O) groups is 1. The standard InChI is InChI=1S/C12H21Cl3N2O2/c1-2-3-4-5-10(18)16-11(12(13,14)15)17-6-8-19-9-7-17/h11H,2-9H2,1H3,(H,16,18)/p+1/t11-/m1/s1. The Morgan fingerprint density at radius 2 is 1.95 bits per heavy atom. The number of rotatable bonds is 6. The van der Waals surface area contributed by atoms with Crippen molar-refractivity contribution in [3.63, 3.8) is 0 Å². The van der Waals surface area contributed by atoms with Crippen LogP contribution in [0, 0.1) is 0 Å². The van der Waals surface area contributed by atoms with Gasteiger partial charge in [0.1, 0.15) is 13.1 Å². The summed E-state index contributed by atoms with van der Waals surface area (Å²) in [6.07, 6.45) is 2.95. The number of hydrogen-bond acceptors (Lipinski definition) is 2. The average Bonchev–Trinajstić information content (AvgIpc) is 2.36. The van der Waals surface area contributed by atoms with Gasteiger partial charge in [-0.15, -0.1) is 0 Å². The lowest BCUT2D eigenvalue weighted by Crippen LogP contribution is -3.21. The summed E-state index contributed by atoms with van der Waals surface area (Å²) >= 11 is 18.0. The lowest BCUT2D eigenvalue weighted by molar-refractivity contribution is -0.934. The maximum absolute atomic E-state index is 11.9. The molecule has 19 heavy (non-hydrogen) atoms. The Hall–Kier alpha value is 0.260. The van der Waals surface area contributed by atoms with Crippen LogP contribution in [-0.2, 0) is 9.53 Å². The first-order valence-electron chi connectivity index (χ1n) is 6.73. The summed E-state index contributed by atoms with van der Waals surface area (Å²) in [5.41, 5.74) is 0. The van der Waals surface area contributed by atoms with E-state index < -0.39 is 9.96 Å². The number of unbranched alkanes of at least 4 members (excludes halogenated alkanes) is 2. The summed E-state index contributed by atoms with van der Waals surface area (Å²) in [6.45, 7) is 4.80. The van der Waals surface area contributed by atoms with E-state index >= 15 is 0 Å². The van der Waals surface area contributed by atoms with Crippen LogP contribution in [0.5, 0.6) is 0 Å². The molecule has 1 heterocycles. The summed E-state index contributed by atoms with van der Waals surface area (Å²) in [6, 6.07) is 0. The van der Waals surface area contributed by atoms with E-state index in [0.29, 0.717) is 19.6 Å². The number of halogens is 3. The molecule has 0 aromatic rings. The van der Waals surface area contributed by atoms with Crippen LogP contribution in [0.4, 0.5) is 0 Å². The third kappa shape index (κ3) is 6.50. The van der Waals surface area contributed by atoms with Crippen LogP contribution in [0.15, 0.2) is 0 Å². The molecule has 1 fully saturated rings. The number of morpholine rings is 1. The van der Waals surface area contributed by atoms with E-state index in [4.69, 9.17) is 39.5 Å². The SMILES string of the molecule is CCCCCC(=O)N[C@H]([NH+]1CCOCC1)C(Cl)(Cl)Cl. The van der Waals surface area contributed by atoms with Gasteiger partial charge in [0, 0.05) is 6.42 Å². The van der Waals surface area contributed by atoms with Gasteiger partial charge in [0.15, 0.2) is 0 Å². The quantitative estimate of drug-likeness (QED) is 0.569. The topological polar surface area (TPSA) is 42.8 Å². The predicted octanol–water partition coefficient (Wildman–Crippen LogP) is 1.29. The summed E-state index contributed by atoms with van der Waals surface area (Å²) < 4.78 is 3.78. The van der Waals surface area contributed by atoms with Crippen molar-refractivity contribution in [2.24, 2.45) is 0 Å². The van der Waals surface area contributed by atoms with Crippen molar-refractivity contribution in [2.45, 2.75) is 42.6 Å². The minimum absolute atomic E-state index is 0.0521. The average molecular weight is 333 g/mol. The Balaban J connectivity index is 2.52. The van der Waals surface area contributed by atoms with Crippen LogP contribution in [0.3, 0.4) is 0 Å². The van der Waals surface area contributed by atoms with Gasteiger partial charge in [-0.1, -0.05) is 54.6 Å². The second kappa shape index (κ2) is 8.53. The van der Waals surface area contributed by atoms with Gasteiger partial charge in [0.05, 0.1) is 13.2 Å². The predicted molar refractivity (Wildman–Crippen MR) is 77.9 cm³/mol. The lowest BCUT2D eigenvalue weighted by Gasteiger charge is -2.35. The van der Waals surface area contributed by atoms with Gasteiger partial charge in [-0.3, -0.25) is 4.79 Å². The molecule has 1 amide bonds. The van der Waals surface area contributed by atoms with Gasteiger partial charge in [-0.05, 0) is 6.42 Å². The van der Waals surface area contributed by atoms with Crippen LogP contribution in [-0.4, -0.2) is 42.2 Å². The van der Waals surface area contributed by atoms with Gasteiger partial charge < -0.3 is 15.0 Å². The Morgan fingerprint density at radius 1 is 1.32 bits per heavy atom. The highest BCUT2D eigenvalue weighted by molar-refractivity contribution is 6.68. The van der Waals surface area contributed by atoms with Gasteiger partial charge in [0.25, 0.3) is 3.79 Å². The van der Waals surface area contributed by atoms with Crippen LogP contribution >= 0.6 is 34.8 Å². The smallest absolute Gasteiger partial charge is 0.262 e. The monoisotopic (exact) mass is 331 g/mol. The Morgan fingerprint density at radius 3 is 2.47 bits per heavy atom. The normalized spacial score (nSPS) is 19.2. The highest BCUT2D eigenvalue weighted by Crippen LogP contribution is 2.28. The van der Waals surface area contributed by atoms with Gasteiger partial charge in [-0.2, -0.15) is 0 Å². The minimum Gasteiger partial charge on any atom is -0.370 e. The number of quaternary nitrogens is 1. The van der Waals surface area contributed by atoms with E-state index in [1.807, 2.05) is 0 Å². The molecular weight excluding hydrogens is 311 g/mol. The third-order valence-corrected chi connectivity index (χ3v) is 3.84. The van der Waals surface area contributed by atoms with E-state index in [0.717, 1.165) is 37.3 Å². The molecule has 0 aromatic carbocycles. The van der Waals surface area contributed by atoms with E-state index in [-0.39, 0.29) is 5.91 Å². The fraction of sp³-hybridized carbons (Fsp3) is 0.917. The summed E-state index contributed by atoms with van der Waals surface area (Å²) in [5.74, 6) is -0.0521. The zero-order valence-corrected chi connectivity index (χ0v) is 13.5. The van der Waals surface area contributed by atoms with Gasteiger partial charge >= 0.3 is 0 Å². The zero-order chi connectivity index (χ0) is 14.3. The second-order valence-corrected chi connectivity index (χ2v) is 7.14. The van der Waals surface area contributed by atoms with Crippen molar-refractivity contribution in [1.29, 1.82) is 0 Å². The Bertz CT molecular complexity index is 279. The van der Waals surface area contributed by atoms with Crippen molar-refractivity contribution < 1.29 is 14.4 Å². The molecule has 0 saturated carbocycles. The fourth-order valence-electron chi connectivity index (χ4n) is 2.11. The van der Waals surface area contributed by atoms with Crippen molar-refractivity contribution in [3.8, 4) is 0 Å². The molecule has 0 unspecified atom stereocenters. The molecular formula is C12H22Cl3N2O2+. The maximum Gasteiger partial charge on any atom is 0.262 e. The molecule has 0 radical (unpaired) electrons. The molecule has 112 valence electrons. The molecule has 0 bridgehead atoms. The molecule has 1 saturated heterocycles. The number of carbonyl (C=O) groups excluding carboxylic acids is 1. The Kier molecular flexibility index (Phi) is 7.77. The molecule has 1 rings (SSSR count). The number of amides is 1. The first-order chi connectivity index (χ1) is 8.95. The molecule has 1 atom stereocenters. The maximum atomic E-state index is 11.9. The molecule has 1 aliphatic rings. The summed E-state index contributed by atoms with van der Waals surface area (Å²) in [4.78, 5) is 12.9. The van der Waals surface area contributed by atoms with Crippen LogP contribution in [0.2, 0.25) is 0 Å². The van der Waals surface area contributed by atoms with E-state index in [1.165, 1.54) is 0 Å². The number of ether oxygens (including phenoxy) is 1.